The Morgan fingerprint density at radius 1 is 1.12 bits per heavy atom. The molecule has 1 atom stereocenters. The van der Waals surface area contributed by atoms with Crippen LogP contribution in [0.3, 0.4) is 0 Å². The maximum Gasteiger partial charge on any atom is 0.246 e. The number of amides is 1. The van der Waals surface area contributed by atoms with Crippen molar-refractivity contribution < 1.29 is 9.32 Å². The van der Waals surface area contributed by atoms with Gasteiger partial charge in [-0.05, 0) is 19.1 Å². The molecule has 24 heavy (non-hydrogen) atoms. The number of nitrogens with one attached hydrogen (secondary N) is 1. The Labute approximate surface area is 144 Å². The molecule has 0 spiro atoms. The fraction of sp³-hybridized carbons (Fsp3) is 0.167. The van der Waals surface area contributed by atoms with Gasteiger partial charge in [-0.3, -0.25) is 4.79 Å². The van der Waals surface area contributed by atoms with Crippen LogP contribution in [0.1, 0.15) is 12.8 Å². The Morgan fingerprint density at radius 2 is 1.79 bits per heavy atom. The molecule has 0 bridgehead atoms. The summed E-state index contributed by atoms with van der Waals surface area (Å²) < 4.78 is 5.18. The molecule has 2 aromatic carbocycles. The minimum Gasteiger partial charge on any atom is -0.346 e. The largest absolute Gasteiger partial charge is 0.346 e. The third-order valence-electron chi connectivity index (χ3n) is 3.34. The average Bonchev–Trinajstić information content (AvgIpc) is 3.10. The van der Waals surface area contributed by atoms with Crippen molar-refractivity contribution in [2.75, 3.05) is 0 Å². The minimum absolute atomic E-state index is 0.0664. The van der Waals surface area contributed by atoms with Gasteiger partial charge in [-0.25, -0.2) is 0 Å². The average molecular weight is 339 g/mol. The van der Waals surface area contributed by atoms with E-state index in [4.69, 9.17) is 4.52 Å². The summed E-state index contributed by atoms with van der Waals surface area (Å²) in [7, 11) is 0. The molecule has 122 valence electrons. The van der Waals surface area contributed by atoms with Crippen LogP contribution >= 0.6 is 11.8 Å². The molecule has 5 nitrogen and oxygen atoms in total. The van der Waals surface area contributed by atoms with Gasteiger partial charge in [0, 0.05) is 10.5 Å². The maximum absolute atomic E-state index is 12.2. The van der Waals surface area contributed by atoms with Gasteiger partial charge in [-0.2, -0.15) is 4.98 Å². The third-order valence-corrected chi connectivity index (χ3v) is 4.45. The summed E-state index contributed by atoms with van der Waals surface area (Å²) in [6.45, 7) is 2.09. The lowest BCUT2D eigenvalue weighted by Crippen LogP contribution is -2.30. The van der Waals surface area contributed by atoms with E-state index >= 15 is 0 Å². The van der Waals surface area contributed by atoms with Gasteiger partial charge in [0.25, 0.3) is 0 Å². The van der Waals surface area contributed by atoms with Crippen molar-refractivity contribution in [1.29, 1.82) is 0 Å². The summed E-state index contributed by atoms with van der Waals surface area (Å²) in [5.41, 5.74) is 0.881. The van der Waals surface area contributed by atoms with Crippen LogP contribution in [0.2, 0.25) is 0 Å². The molecule has 1 N–H and O–H groups in total. The van der Waals surface area contributed by atoms with Gasteiger partial charge in [0.2, 0.25) is 17.6 Å². The van der Waals surface area contributed by atoms with Crippen molar-refractivity contribution >= 4 is 17.7 Å². The van der Waals surface area contributed by atoms with Crippen LogP contribution in [0.5, 0.6) is 0 Å². The van der Waals surface area contributed by atoms with E-state index in [0.29, 0.717) is 11.7 Å². The van der Waals surface area contributed by atoms with E-state index in [1.165, 1.54) is 11.8 Å². The first-order valence-electron chi connectivity index (χ1n) is 7.60. The Morgan fingerprint density at radius 3 is 2.50 bits per heavy atom. The predicted octanol–water partition coefficient (Wildman–Crippen LogP) is 3.53. The summed E-state index contributed by atoms with van der Waals surface area (Å²) >= 11 is 1.51. The number of carbonyl (C=O) groups excluding carboxylic acids is 1. The van der Waals surface area contributed by atoms with Crippen molar-refractivity contribution in [1.82, 2.24) is 15.5 Å². The Bertz CT molecular complexity index is 790. The zero-order valence-electron chi connectivity index (χ0n) is 13.2. The molecule has 0 radical (unpaired) electrons. The summed E-state index contributed by atoms with van der Waals surface area (Å²) in [6.07, 6.45) is 0. The highest BCUT2D eigenvalue weighted by Crippen LogP contribution is 2.22. The second kappa shape index (κ2) is 7.79. The highest BCUT2D eigenvalue weighted by atomic mass is 32.2. The number of aromatic nitrogens is 2. The molecule has 3 rings (SSSR count). The smallest absolute Gasteiger partial charge is 0.246 e. The number of nitrogens with zero attached hydrogens (tertiary/aromatic N) is 2. The molecule has 0 saturated heterocycles. The Hall–Kier alpha value is -2.60. The van der Waals surface area contributed by atoms with Crippen LogP contribution < -0.4 is 5.32 Å². The molecule has 1 amide bonds. The highest BCUT2D eigenvalue weighted by Gasteiger charge is 2.15. The predicted molar refractivity (Wildman–Crippen MR) is 93.3 cm³/mol. The highest BCUT2D eigenvalue weighted by molar-refractivity contribution is 8.00. The summed E-state index contributed by atoms with van der Waals surface area (Å²) in [4.78, 5) is 17.5. The van der Waals surface area contributed by atoms with Gasteiger partial charge in [0.05, 0.1) is 11.8 Å². The van der Waals surface area contributed by atoms with Crippen LogP contribution in [-0.2, 0) is 11.3 Å². The number of rotatable bonds is 6. The summed E-state index contributed by atoms with van der Waals surface area (Å²) in [5, 5.41) is 6.56. The molecule has 3 aromatic rings. The lowest BCUT2D eigenvalue weighted by molar-refractivity contribution is -0.120. The van der Waals surface area contributed by atoms with E-state index < -0.39 is 0 Å². The molecule has 0 fully saturated rings. The minimum atomic E-state index is -0.205. The van der Waals surface area contributed by atoms with Gasteiger partial charge in [0.1, 0.15) is 0 Å². The molecule has 6 heteroatoms. The van der Waals surface area contributed by atoms with Crippen molar-refractivity contribution in [3.8, 4) is 11.4 Å². The Balaban J connectivity index is 1.54. The SMILES string of the molecule is CC(Sc1ccccc1)C(=O)NCc1nc(-c2ccccc2)no1. The molecule has 0 aliphatic carbocycles. The van der Waals surface area contributed by atoms with Gasteiger partial charge in [-0.15, -0.1) is 11.8 Å². The second-order valence-corrected chi connectivity index (χ2v) is 6.58. The van der Waals surface area contributed by atoms with Crippen molar-refractivity contribution in [3.63, 3.8) is 0 Å². The molecule has 1 heterocycles. The molecule has 1 unspecified atom stereocenters. The van der Waals surface area contributed by atoms with Crippen LogP contribution in [0, 0.1) is 0 Å². The topological polar surface area (TPSA) is 68.0 Å². The summed E-state index contributed by atoms with van der Waals surface area (Å²) in [5.74, 6) is 0.842. The third kappa shape index (κ3) is 4.23. The second-order valence-electron chi connectivity index (χ2n) is 5.17. The Kier molecular flexibility index (Phi) is 5.28. The summed E-state index contributed by atoms with van der Waals surface area (Å²) in [6, 6.07) is 19.4. The van der Waals surface area contributed by atoms with E-state index in [2.05, 4.69) is 15.5 Å². The zero-order valence-corrected chi connectivity index (χ0v) is 14.0. The van der Waals surface area contributed by atoms with Crippen LogP contribution in [0.4, 0.5) is 0 Å². The maximum atomic E-state index is 12.2. The quantitative estimate of drug-likeness (QED) is 0.696. The van der Waals surface area contributed by atoms with E-state index in [1.54, 1.807) is 0 Å². The lowest BCUT2D eigenvalue weighted by Gasteiger charge is -2.10. The molecule has 0 aliphatic rings. The molecule has 1 aromatic heterocycles. The fourth-order valence-electron chi connectivity index (χ4n) is 2.09. The van der Waals surface area contributed by atoms with Crippen LogP contribution in [0.25, 0.3) is 11.4 Å². The number of hydrogen-bond acceptors (Lipinski definition) is 5. The van der Waals surface area contributed by atoms with E-state index in [0.717, 1.165) is 10.5 Å². The van der Waals surface area contributed by atoms with E-state index in [9.17, 15) is 4.79 Å². The van der Waals surface area contributed by atoms with Crippen LogP contribution in [0.15, 0.2) is 70.1 Å². The standard InChI is InChI=1S/C18H17N3O2S/c1-13(24-15-10-6-3-7-11-15)18(22)19-12-16-20-17(21-23-16)14-8-4-2-5-9-14/h2-11,13H,12H2,1H3,(H,19,22). The van der Waals surface area contributed by atoms with Gasteiger partial charge < -0.3 is 9.84 Å². The van der Waals surface area contributed by atoms with Gasteiger partial charge in [0.15, 0.2) is 0 Å². The normalized spacial score (nSPS) is 11.9. The lowest BCUT2D eigenvalue weighted by atomic mass is 10.2. The molecular weight excluding hydrogens is 322 g/mol. The first-order chi connectivity index (χ1) is 11.7. The van der Waals surface area contributed by atoms with Gasteiger partial charge in [-0.1, -0.05) is 53.7 Å². The number of hydrogen-bond donors (Lipinski definition) is 1. The zero-order chi connectivity index (χ0) is 16.8. The molecular formula is C18H17N3O2S. The molecule has 0 saturated carbocycles. The molecule has 0 aliphatic heterocycles. The van der Waals surface area contributed by atoms with Gasteiger partial charge >= 0.3 is 0 Å². The van der Waals surface area contributed by atoms with Crippen molar-refractivity contribution in [3.05, 3.63) is 66.6 Å². The van der Waals surface area contributed by atoms with E-state index in [-0.39, 0.29) is 17.7 Å². The first-order valence-corrected chi connectivity index (χ1v) is 8.48. The van der Waals surface area contributed by atoms with E-state index in [1.807, 2.05) is 67.6 Å². The monoisotopic (exact) mass is 339 g/mol. The van der Waals surface area contributed by atoms with Crippen molar-refractivity contribution in [2.45, 2.75) is 23.6 Å². The number of thioether (sulfide) groups is 1. The number of carbonyl (C=O) groups is 1. The first kappa shape index (κ1) is 16.3. The fourth-order valence-corrected chi connectivity index (χ4v) is 3.01. The van der Waals surface area contributed by atoms with Crippen LogP contribution in [-0.4, -0.2) is 21.3 Å². The number of benzene rings is 2. The van der Waals surface area contributed by atoms with Crippen molar-refractivity contribution in [2.24, 2.45) is 0 Å².